The number of nitrogens with zero attached hydrogens (tertiary/aromatic N) is 1. The fourth-order valence-corrected chi connectivity index (χ4v) is 3.93. The standard InChI is InChI=1S/C28H26N4O5/c1-17(33)29-16-24(34)32(2)21-12-10-20(11-13-21)30-26(18-7-5-4-6-8-18)25-22-14-9-19(28(36)37-3)15-23(22)31-27(25)35/h4-15,30H,16H2,1-3H3,(H,29,33)(H,31,35)/b26-25-. The van der Waals surface area contributed by atoms with E-state index < -0.39 is 5.97 Å². The van der Waals surface area contributed by atoms with Crippen LogP contribution in [-0.2, 0) is 19.1 Å². The summed E-state index contributed by atoms with van der Waals surface area (Å²) in [6, 6.07) is 21.5. The van der Waals surface area contributed by atoms with Crippen LogP contribution >= 0.6 is 0 Å². The van der Waals surface area contributed by atoms with Crippen LogP contribution in [0.4, 0.5) is 17.1 Å². The molecule has 1 aliphatic heterocycles. The van der Waals surface area contributed by atoms with E-state index in [2.05, 4.69) is 16.0 Å². The predicted molar refractivity (Wildman–Crippen MR) is 142 cm³/mol. The monoisotopic (exact) mass is 498 g/mol. The van der Waals surface area contributed by atoms with Gasteiger partial charge in [-0.3, -0.25) is 14.4 Å². The van der Waals surface area contributed by atoms with Crippen molar-refractivity contribution in [3.8, 4) is 0 Å². The fraction of sp³-hybridized carbons (Fsp3) is 0.143. The molecule has 0 saturated heterocycles. The summed E-state index contributed by atoms with van der Waals surface area (Å²) in [4.78, 5) is 49.9. The van der Waals surface area contributed by atoms with Crippen molar-refractivity contribution < 1.29 is 23.9 Å². The molecule has 9 nitrogen and oxygen atoms in total. The van der Waals surface area contributed by atoms with Gasteiger partial charge in [0.1, 0.15) is 0 Å². The zero-order valence-corrected chi connectivity index (χ0v) is 20.6. The molecular formula is C28H26N4O5. The van der Waals surface area contributed by atoms with Crippen LogP contribution < -0.4 is 20.9 Å². The second-order valence-corrected chi connectivity index (χ2v) is 8.36. The summed E-state index contributed by atoms with van der Waals surface area (Å²) >= 11 is 0. The number of anilines is 3. The number of benzene rings is 3. The first-order valence-electron chi connectivity index (χ1n) is 11.5. The first kappa shape index (κ1) is 25.2. The minimum absolute atomic E-state index is 0.0949. The van der Waals surface area contributed by atoms with Crippen LogP contribution in [0.2, 0.25) is 0 Å². The minimum Gasteiger partial charge on any atom is -0.465 e. The highest BCUT2D eigenvalue weighted by atomic mass is 16.5. The molecule has 1 aliphatic rings. The number of likely N-dealkylation sites (N-methyl/N-ethyl adjacent to an activating group) is 1. The third-order valence-electron chi connectivity index (χ3n) is 5.88. The third-order valence-corrected chi connectivity index (χ3v) is 5.88. The van der Waals surface area contributed by atoms with E-state index in [1.54, 1.807) is 49.5 Å². The molecule has 0 radical (unpaired) electrons. The van der Waals surface area contributed by atoms with Crippen LogP contribution in [0.1, 0.15) is 28.4 Å². The molecule has 0 unspecified atom stereocenters. The Bertz CT molecular complexity index is 1400. The highest BCUT2D eigenvalue weighted by Crippen LogP contribution is 2.38. The zero-order valence-electron chi connectivity index (χ0n) is 20.6. The minimum atomic E-state index is -0.489. The average Bonchev–Trinajstić information content (AvgIpc) is 3.24. The number of rotatable bonds is 7. The number of nitrogens with one attached hydrogen (secondary N) is 3. The van der Waals surface area contributed by atoms with Crippen LogP contribution in [-0.4, -0.2) is 44.4 Å². The number of amides is 3. The van der Waals surface area contributed by atoms with Gasteiger partial charge in [-0.25, -0.2) is 4.79 Å². The van der Waals surface area contributed by atoms with Crippen LogP contribution in [0.15, 0.2) is 72.8 Å². The van der Waals surface area contributed by atoms with Gasteiger partial charge in [0.25, 0.3) is 5.91 Å². The number of ether oxygens (including phenoxy) is 1. The van der Waals surface area contributed by atoms with Crippen LogP contribution in [0.3, 0.4) is 0 Å². The Morgan fingerprint density at radius 2 is 1.65 bits per heavy atom. The molecule has 0 spiro atoms. The van der Waals surface area contributed by atoms with E-state index >= 15 is 0 Å². The first-order valence-corrected chi connectivity index (χ1v) is 11.5. The quantitative estimate of drug-likeness (QED) is 0.339. The van der Waals surface area contributed by atoms with E-state index in [0.717, 1.165) is 5.56 Å². The second-order valence-electron chi connectivity index (χ2n) is 8.36. The number of carbonyl (C=O) groups excluding carboxylic acids is 4. The zero-order chi connectivity index (χ0) is 26.5. The molecule has 4 rings (SSSR count). The van der Waals surface area contributed by atoms with Crippen molar-refractivity contribution in [3.63, 3.8) is 0 Å². The molecule has 0 aliphatic carbocycles. The van der Waals surface area contributed by atoms with Gasteiger partial charge in [-0.15, -0.1) is 0 Å². The molecule has 0 aromatic heterocycles. The van der Waals surface area contributed by atoms with Gasteiger partial charge in [0.2, 0.25) is 11.8 Å². The normalized spacial score (nSPS) is 13.2. The van der Waals surface area contributed by atoms with Gasteiger partial charge in [0, 0.05) is 30.9 Å². The van der Waals surface area contributed by atoms with Crippen LogP contribution in [0.25, 0.3) is 11.3 Å². The second kappa shape index (κ2) is 10.8. The predicted octanol–water partition coefficient (Wildman–Crippen LogP) is 3.50. The lowest BCUT2D eigenvalue weighted by Crippen LogP contribution is -2.37. The lowest BCUT2D eigenvalue weighted by molar-refractivity contribution is -0.123. The van der Waals surface area contributed by atoms with Gasteiger partial charge in [-0.2, -0.15) is 0 Å². The molecule has 0 bridgehead atoms. The molecule has 188 valence electrons. The number of hydrogen-bond acceptors (Lipinski definition) is 6. The van der Waals surface area contributed by atoms with Crippen LogP contribution in [0, 0.1) is 0 Å². The number of hydrogen-bond donors (Lipinski definition) is 3. The molecule has 1 heterocycles. The van der Waals surface area contributed by atoms with Gasteiger partial charge in [0.15, 0.2) is 0 Å². The van der Waals surface area contributed by atoms with Crippen molar-refractivity contribution in [2.75, 3.05) is 36.2 Å². The number of fused-ring (bicyclic) bond motifs is 1. The van der Waals surface area contributed by atoms with Crippen molar-refractivity contribution in [3.05, 3.63) is 89.5 Å². The Kier molecular flexibility index (Phi) is 7.34. The number of esters is 1. The Balaban J connectivity index is 1.68. The Hall–Kier alpha value is -4.92. The maximum absolute atomic E-state index is 13.1. The number of methoxy groups -OCH3 is 1. The summed E-state index contributed by atoms with van der Waals surface area (Å²) in [6.07, 6.45) is 0. The molecule has 3 aromatic carbocycles. The lowest BCUT2D eigenvalue weighted by Gasteiger charge is -2.19. The fourth-order valence-electron chi connectivity index (χ4n) is 3.93. The SMILES string of the molecule is COC(=O)c1ccc2c(c1)NC(=O)/C2=C(\Nc1ccc(N(C)C(=O)CNC(C)=O)cc1)c1ccccc1. The summed E-state index contributed by atoms with van der Waals surface area (Å²) in [7, 11) is 2.94. The summed E-state index contributed by atoms with van der Waals surface area (Å²) in [5.74, 6) is -1.32. The van der Waals surface area contributed by atoms with Gasteiger partial charge in [-0.05, 0) is 42.0 Å². The summed E-state index contributed by atoms with van der Waals surface area (Å²) in [5, 5.41) is 8.70. The van der Waals surface area contributed by atoms with Gasteiger partial charge in [-0.1, -0.05) is 36.4 Å². The van der Waals surface area contributed by atoms with Crippen molar-refractivity contribution in [1.82, 2.24) is 5.32 Å². The van der Waals surface area contributed by atoms with E-state index in [9.17, 15) is 19.2 Å². The molecule has 3 N–H and O–H groups in total. The summed E-state index contributed by atoms with van der Waals surface area (Å²) < 4.78 is 4.79. The molecule has 9 heteroatoms. The molecule has 3 aromatic rings. The summed E-state index contributed by atoms with van der Waals surface area (Å²) in [5.41, 5.74) is 4.68. The Morgan fingerprint density at radius 3 is 2.30 bits per heavy atom. The van der Waals surface area contributed by atoms with E-state index in [1.807, 2.05) is 30.3 Å². The molecule has 0 atom stereocenters. The van der Waals surface area contributed by atoms with Crippen molar-refractivity contribution >= 4 is 52.0 Å². The lowest BCUT2D eigenvalue weighted by atomic mass is 9.99. The van der Waals surface area contributed by atoms with Crippen molar-refractivity contribution in [2.45, 2.75) is 6.92 Å². The molecule has 37 heavy (non-hydrogen) atoms. The highest BCUT2D eigenvalue weighted by molar-refractivity contribution is 6.37. The smallest absolute Gasteiger partial charge is 0.337 e. The molecule has 0 saturated carbocycles. The topological polar surface area (TPSA) is 117 Å². The summed E-state index contributed by atoms with van der Waals surface area (Å²) in [6.45, 7) is 1.26. The Morgan fingerprint density at radius 1 is 0.946 bits per heavy atom. The van der Waals surface area contributed by atoms with Crippen molar-refractivity contribution in [1.29, 1.82) is 0 Å². The third kappa shape index (κ3) is 5.51. The maximum atomic E-state index is 13.1. The van der Waals surface area contributed by atoms with E-state index in [4.69, 9.17) is 4.74 Å². The van der Waals surface area contributed by atoms with Crippen LogP contribution in [0.5, 0.6) is 0 Å². The van der Waals surface area contributed by atoms with E-state index in [0.29, 0.717) is 39.5 Å². The van der Waals surface area contributed by atoms with Gasteiger partial charge < -0.3 is 25.6 Å². The van der Waals surface area contributed by atoms with Gasteiger partial charge in [0.05, 0.1) is 36.2 Å². The molecular weight excluding hydrogens is 472 g/mol. The highest BCUT2D eigenvalue weighted by Gasteiger charge is 2.29. The Labute approximate surface area is 214 Å². The van der Waals surface area contributed by atoms with Crippen molar-refractivity contribution in [2.24, 2.45) is 0 Å². The maximum Gasteiger partial charge on any atom is 0.337 e. The van der Waals surface area contributed by atoms with E-state index in [1.165, 1.54) is 18.9 Å². The average molecular weight is 499 g/mol. The van der Waals surface area contributed by atoms with Gasteiger partial charge >= 0.3 is 5.97 Å². The number of carbonyl (C=O) groups is 4. The molecule has 0 fully saturated rings. The first-order chi connectivity index (χ1) is 17.8. The molecule has 3 amide bonds. The largest absolute Gasteiger partial charge is 0.465 e. The van der Waals surface area contributed by atoms with E-state index in [-0.39, 0.29) is 24.3 Å².